The van der Waals surface area contributed by atoms with E-state index < -0.39 is 12.4 Å². The normalized spacial score (nSPS) is 46.5. The van der Waals surface area contributed by atoms with Crippen molar-refractivity contribution in [1.29, 1.82) is 0 Å². The standard InChI is InChI=1S/C7H12O5/c1-9-2-4-5(8)6-7(12-4)11-3-10-6/h4-8H,2-3H2,1H3. The van der Waals surface area contributed by atoms with Crippen molar-refractivity contribution in [3.8, 4) is 0 Å². The number of hydrogen-bond acceptors (Lipinski definition) is 5. The van der Waals surface area contributed by atoms with Gasteiger partial charge in [-0.2, -0.15) is 0 Å². The molecule has 1 N–H and O–H groups in total. The summed E-state index contributed by atoms with van der Waals surface area (Å²) < 4.78 is 20.4. The van der Waals surface area contributed by atoms with Crippen molar-refractivity contribution in [3.63, 3.8) is 0 Å². The number of ether oxygens (including phenoxy) is 4. The van der Waals surface area contributed by atoms with Gasteiger partial charge in [0.05, 0.1) is 6.61 Å². The third-order valence-electron chi connectivity index (χ3n) is 2.12. The minimum Gasteiger partial charge on any atom is -0.387 e. The lowest BCUT2D eigenvalue weighted by atomic mass is 10.1. The van der Waals surface area contributed by atoms with Crippen LogP contribution in [0.4, 0.5) is 0 Å². The minimum atomic E-state index is -0.641. The topological polar surface area (TPSA) is 57.2 Å². The summed E-state index contributed by atoms with van der Waals surface area (Å²) in [6.07, 6.45) is -1.73. The summed E-state index contributed by atoms with van der Waals surface area (Å²) >= 11 is 0. The van der Waals surface area contributed by atoms with Crippen molar-refractivity contribution in [2.24, 2.45) is 0 Å². The number of aliphatic hydroxyl groups excluding tert-OH is 1. The molecule has 0 amide bonds. The van der Waals surface area contributed by atoms with E-state index in [0.717, 1.165) is 0 Å². The SMILES string of the molecule is COCC1OC2OCOC2C1O. The molecule has 0 aromatic rings. The van der Waals surface area contributed by atoms with Crippen molar-refractivity contribution in [2.75, 3.05) is 20.5 Å². The molecule has 0 bridgehead atoms. The van der Waals surface area contributed by atoms with Gasteiger partial charge in [-0.1, -0.05) is 0 Å². The van der Waals surface area contributed by atoms with Crippen LogP contribution in [0.5, 0.6) is 0 Å². The van der Waals surface area contributed by atoms with Crippen LogP contribution in [0.15, 0.2) is 0 Å². The van der Waals surface area contributed by atoms with Crippen molar-refractivity contribution < 1.29 is 24.1 Å². The summed E-state index contributed by atoms with van der Waals surface area (Å²) in [5.41, 5.74) is 0. The molecule has 2 rings (SSSR count). The van der Waals surface area contributed by atoms with E-state index in [1.165, 1.54) is 0 Å². The average Bonchev–Trinajstić information content (AvgIpc) is 2.58. The summed E-state index contributed by atoms with van der Waals surface area (Å²) in [6, 6.07) is 0. The summed E-state index contributed by atoms with van der Waals surface area (Å²) in [6.45, 7) is 0.562. The quantitative estimate of drug-likeness (QED) is 0.590. The van der Waals surface area contributed by atoms with E-state index in [4.69, 9.17) is 18.9 Å². The highest BCUT2D eigenvalue weighted by Crippen LogP contribution is 2.28. The molecule has 0 spiro atoms. The molecule has 5 heteroatoms. The monoisotopic (exact) mass is 176 g/mol. The molecule has 2 heterocycles. The van der Waals surface area contributed by atoms with Gasteiger partial charge in [0, 0.05) is 7.11 Å². The zero-order chi connectivity index (χ0) is 8.55. The predicted octanol–water partition coefficient (Wildman–Crippen LogP) is -0.909. The maximum atomic E-state index is 9.58. The van der Waals surface area contributed by atoms with Gasteiger partial charge in [0.1, 0.15) is 18.3 Å². The van der Waals surface area contributed by atoms with Gasteiger partial charge in [-0.25, -0.2) is 0 Å². The lowest BCUT2D eigenvalue weighted by molar-refractivity contribution is -0.139. The maximum Gasteiger partial charge on any atom is 0.189 e. The van der Waals surface area contributed by atoms with Crippen LogP contribution in [-0.4, -0.2) is 50.2 Å². The lowest BCUT2D eigenvalue weighted by Gasteiger charge is -2.14. The van der Waals surface area contributed by atoms with Crippen LogP contribution in [-0.2, 0) is 18.9 Å². The number of aliphatic hydroxyl groups is 1. The maximum absolute atomic E-state index is 9.58. The molecule has 0 aromatic carbocycles. The Hall–Kier alpha value is -0.200. The van der Waals surface area contributed by atoms with Gasteiger partial charge in [0.2, 0.25) is 0 Å². The lowest BCUT2D eigenvalue weighted by Crippen LogP contribution is -2.33. The Labute approximate surface area is 70.2 Å². The first-order valence-electron chi connectivity index (χ1n) is 3.88. The van der Waals surface area contributed by atoms with Crippen molar-refractivity contribution in [2.45, 2.75) is 24.6 Å². The summed E-state index contributed by atoms with van der Waals surface area (Å²) in [7, 11) is 1.56. The van der Waals surface area contributed by atoms with E-state index in [-0.39, 0.29) is 19.0 Å². The van der Waals surface area contributed by atoms with Crippen molar-refractivity contribution in [3.05, 3.63) is 0 Å². The molecule has 2 aliphatic heterocycles. The fourth-order valence-corrected chi connectivity index (χ4v) is 1.50. The highest BCUT2D eigenvalue weighted by atomic mass is 16.8. The van der Waals surface area contributed by atoms with Gasteiger partial charge in [-0.05, 0) is 0 Å². The zero-order valence-electron chi connectivity index (χ0n) is 6.80. The third kappa shape index (κ3) is 1.23. The van der Waals surface area contributed by atoms with Crippen LogP contribution < -0.4 is 0 Å². The number of methoxy groups -OCH3 is 1. The summed E-state index contributed by atoms with van der Waals surface area (Å²) in [5, 5.41) is 9.58. The van der Waals surface area contributed by atoms with E-state index in [2.05, 4.69) is 0 Å². The number of hydrogen-bond donors (Lipinski definition) is 1. The molecule has 0 aliphatic carbocycles. The molecule has 2 aliphatic rings. The highest BCUT2D eigenvalue weighted by molar-refractivity contribution is 4.89. The van der Waals surface area contributed by atoms with Crippen molar-refractivity contribution >= 4 is 0 Å². The predicted molar refractivity (Wildman–Crippen MR) is 37.4 cm³/mol. The molecule has 12 heavy (non-hydrogen) atoms. The van der Waals surface area contributed by atoms with Crippen LogP contribution in [0.25, 0.3) is 0 Å². The van der Waals surface area contributed by atoms with E-state index in [0.29, 0.717) is 6.61 Å². The Balaban J connectivity index is 1.96. The highest BCUT2D eigenvalue weighted by Gasteiger charge is 2.48. The van der Waals surface area contributed by atoms with Crippen LogP contribution in [0, 0.1) is 0 Å². The van der Waals surface area contributed by atoms with Crippen LogP contribution in [0.2, 0.25) is 0 Å². The fraction of sp³-hybridized carbons (Fsp3) is 1.00. The van der Waals surface area contributed by atoms with Gasteiger partial charge in [0.15, 0.2) is 13.1 Å². The van der Waals surface area contributed by atoms with Crippen molar-refractivity contribution in [1.82, 2.24) is 0 Å². The molecule has 4 unspecified atom stereocenters. The fourth-order valence-electron chi connectivity index (χ4n) is 1.50. The first kappa shape index (κ1) is 8.40. The number of rotatable bonds is 2. The average molecular weight is 176 g/mol. The second kappa shape index (κ2) is 3.27. The van der Waals surface area contributed by atoms with E-state index in [9.17, 15) is 5.11 Å². The Morgan fingerprint density at radius 2 is 2.33 bits per heavy atom. The minimum absolute atomic E-state index is 0.200. The van der Waals surface area contributed by atoms with E-state index in [1.54, 1.807) is 7.11 Å². The molecular formula is C7H12O5. The van der Waals surface area contributed by atoms with Crippen LogP contribution >= 0.6 is 0 Å². The molecule has 0 saturated carbocycles. The second-order valence-electron chi connectivity index (χ2n) is 2.90. The Morgan fingerprint density at radius 1 is 1.50 bits per heavy atom. The Morgan fingerprint density at radius 3 is 3.00 bits per heavy atom. The van der Waals surface area contributed by atoms with Crippen LogP contribution in [0.3, 0.4) is 0 Å². The molecule has 0 aromatic heterocycles. The largest absolute Gasteiger partial charge is 0.387 e. The van der Waals surface area contributed by atoms with Crippen LogP contribution in [0.1, 0.15) is 0 Å². The van der Waals surface area contributed by atoms with E-state index >= 15 is 0 Å². The molecule has 2 saturated heterocycles. The zero-order valence-corrected chi connectivity index (χ0v) is 6.80. The van der Waals surface area contributed by atoms with Gasteiger partial charge < -0.3 is 24.1 Å². The summed E-state index contributed by atoms with van der Waals surface area (Å²) in [5.74, 6) is 0. The van der Waals surface area contributed by atoms with Gasteiger partial charge in [-0.3, -0.25) is 0 Å². The number of fused-ring (bicyclic) bond motifs is 1. The van der Waals surface area contributed by atoms with Gasteiger partial charge in [-0.15, -0.1) is 0 Å². The molecular weight excluding hydrogens is 164 g/mol. The molecule has 0 radical (unpaired) electrons. The molecule has 5 nitrogen and oxygen atoms in total. The van der Waals surface area contributed by atoms with E-state index in [1.807, 2.05) is 0 Å². The second-order valence-corrected chi connectivity index (χ2v) is 2.90. The third-order valence-corrected chi connectivity index (χ3v) is 2.12. The Bertz CT molecular complexity index is 162. The first-order chi connectivity index (χ1) is 5.83. The molecule has 70 valence electrons. The van der Waals surface area contributed by atoms with Gasteiger partial charge >= 0.3 is 0 Å². The molecule has 4 atom stereocenters. The van der Waals surface area contributed by atoms with Gasteiger partial charge in [0.25, 0.3) is 0 Å². The summed E-state index contributed by atoms with van der Waals surface area (Å²) in [4.78, 5) is 0. The smallest absolute Gasteiger partial charge is 0.189 e. The first-order valence-corrected chi connectivity index (χ1v) is 3.88. The Kier molecular flexibility index (Phi) is 2.29. The molecule has 2 fully saturated rings.